The summed E-state index contributed by atoms with van der Waals surface area (Å²) in [6.45, 7) is 3.14. The third-order valence-electron chi connectivity index (χ3n) is 8.35. The highest BCUT2D eigenvalue weighted by atomic mass is 35.5. The number of nitrogens with zero attached hydrogens (tertiary/aromatic N) is 6. The van der Waals surface area contributed by atoms with Gasteiger partial charge in [-0.15, -0.1) is 0 Å². The highest BCUT2D eigenvalue weighted by molar-refractivity contribution is 7.09. The second-order valence-electron chi connectivity index (χ2n) is 13.2. The number of hydrogen-bond donors (Lipinski definition) is 2. The van der Waals surface area contributed by atoms with Gasteiger partial charge in [0.15, 0.2) is 11.5 Å². The number of aliphatic imine (C=N–C) groups is 1. The number of allylic oxidation sites excluding steroid dienone is 3. The largest absolute Gasteiger partial charge is 0.447 e. The van der Waals surface area contributed by atoms with Crippen molar-refractivity contribution in [2.75, 3.05) is 6.61 Å². The Morgan fingerprint density at radius 3 is 2.70 bits per heavy atom. The number of nitrogens with two attached hydrogens (primary N) is 1. The van der Waals surface area contributed by atoms with Crippen LogP contribution in [0.3, 0.4) is 0 Å². The van der Waals surface area contributed by atoms with Gasteiger partial charge in [0.25, 0.3) is 5.91 Å². The molecule has 0 saturated heterocycles. The Morgan fingerprint density at radius 2 is 2.09 bits per heavy atom. The molecule has 6 rings (SSSR count). The lowest BCUT2D eigenvalue weighted by Gasteiger charge is -2.38. The van der Waals surface area contributed by atoms with E-state index < -0.39 is 30.1 Å². The van der Waals surface area contributed by atoms with Crippen LogP contribution in [-0.4, -0.2) is 60.2 Å². The van der Waals surface area contributed by atoms with Crippen molar-refractivity contribution in [1.29, 1.82) is 0 Å². The highest BCUT2D eigenvalue weighted by Crippen LogP contribution is 2.46. The molecule has 1 fully saturated rings. The molecular weight excluding hydrogens is 650 g/mol. The van der Waals surface area contributed by atoms with Crippen LogP contribution in [0.25, 0.3) is 16.1 Å². The summed E-state index contributed by atoms with van der Waals surface area (Å²) in [5, 5.41) is 7.60. The Morgan fingerprint density at radius 1 is 1.30 bits per heavy atom. The zero-order valence-corrected chi connectivity index (χ0v) is 27.6. The second-order valence-corrected chi connectivity index (χ2v) is 14.4. The maximum absolute atomic E-state index is 14.9. The number of nitrogens with one attached hydrogen (secondary N) is 1. The molecular formula is C32H35ClF2N8O3S. The van der Waals surface area contributed by atoms with Crippen LogP contribution in [0.1, 0.15) is 70.2 Å². The molecule has 0 bridgehead atoms. The van der Waals surface area contributed by atoms with Crippen LogP contribution < -0.4 is 11.1 Å². The molecule has 1 aliphatic heterocycles. The third kappa shape index (κ3) is 6.93. The van der Waals surface area contributed by atoms with Gasteiger partial charge < -0.3 is 15.8 Å². The van der Waals surface area contributed by atoms with Crippen LogP contribution in [0.15, 0.2) is 60.1 Å². The van der Waals surface area contributed by atoms with E-state index in [1.165, 1.54) is 35.2 Å². The number of alkyl halides is 2. The normalized spacial score (nSPS) is 22.0. The molecule has 3 aliphatic rings. The van der Waals surface area contributed by atoms with Crippen molar-refractivity contribution in [1.82, 2.24) is 29.4 Å². The summed E-state index contributed by atoms with van der Waals surface area (Å²) in [6.07, 6.45) is 11.7. The summed E-state index contributed by atoms with van der Waals surface area (Å²) in [5.41, 5.74) is 7.53. The number of alkyl carbamates (subject to hydrolysis) is 1. The van der Waals surface area contributed by atoms with Crippen molar-refractivity contribution in [2.45, 2.75) is 70.6 Å². The summed E-state index contributed by atoms with van der Waals surface area (Å²) in [6, 6.07) is 4.52. The van der Waals surface area contributed by atoms with Crippen molar-refractivity contribution in [2.24, 2.45) is 22.1 Å². The zero-order chi connectivity index (χ0) is 33.5. The maximum atomic E-state index is 14.9. The SMILES string of the molecule is CC(C)(C)C[C@]1(C2C=CC(c3cnn(C(F)F)c3)=CC2)N=C(N)N([C@H](COC(=O)NC2CC2)c2ccc(Cl)c(-c3ncns3)c2)C1=O. The van der Waals surface area contributed by atoms with Gasteiger partial charge in [0.2, 0.25) is 0 Å². The van der Waals surface area contributed by atoms with Gasteiger partial charge in [-0.2, -0.15) is 18.3 Å². The average Bonchev–Trinajstić information content (AvgIpc) is 3.38. The highest BCUT2D eigenvalue weighted by Gasteiger charge is 2.55. The van der Waals surface area contributed by atoms with Gasteiger partial charge in [-0.25, -0.2) is 19.5 Å². The van der Waals surface area contributed by atoms with Crippen LogP contribution in [-0.2, 0) is 9.53 Å². The van der Waals surface area contributed by atoms with Gasteiger partial charge in [0.05, 0.1) is 17.3 Å². The van der Waals surface area contributed by atoms with Crippen LogP contribution in [0.5, 0.6) is 0 Å². The Labute approximate surface area is 279 Å². The summed E-state index contributed by atoms with van der Waals surface area (Å²) in [5.74, 6) is -0.719. The minimum Gasteiger partial charge on any atom is -0.447 e. The number of amides is 2. The lowest BCUT2D eigenvalue weighted by Crippen LogP contribution is -2.51. The molecule has 3 N–H and O–H groups in total. The van der Waals surface area contributed by atoms with E-state index in [2.05, 4.69) is 19.8 Å². The van der Waals surface area contributed by atoms with Crippen LogP contribution >= 0.6 is 23.1 Å². The summed E-state index contributed by atoms with van der Waals surface area (Å²) in [4.78, 5) is 38.1. The number of hydrogen-bond acceptors (Lipinski definition) is 9. The number of aromatic nitrogens is 4. The van der Waals surface area contributed by atoms with Gasteiger partial charge in [-0.1, -0.05) is 56.7 Å². The van der Waals surface area contributed by atoms with E-state index in [1.807, 2.05) is 39.0 Å². The summed E-state index contributed by atoms with van der Waals surface area (Å²) < 4.78 is 36.7. The van der Waals surface area contributed by atoms with Crippen molar-refractivity contribution in [3.8, 4) is 10.6 Å². The molecule has 248 valence electrons. The van der Waals surface area contributed by atoms with Crippen LogP contribution in [0.2, 0.25) is 5.02 Å². The molecule has 47 heavy (non-hydrogen) atoms. The molecule has 3 atom stereocenters. The van der Waals surface area contributed by atoms with Gasteiger partial charge in [-0.3, -0.25) is 9.69 Å². The number of ether oxygens (including phenoxy) is 1. The Balaban J connectivity index is 1.34. The molecule has 3 heterocycles. The number of halogens is 3. The van der Waals surface area contributed by atoms with E-state index in [1.54, 1.807) is 18.2 Å². The predicted molar refractivity (Wildman–Crippen MR) is 175 cm³/mol. The van der Waals surface area contributed by atoms with Gasteiger partial charge in [-0.05, 0) is 65.9 Å². The third-order valence-corrected chi connectivity index (χ3v) is 9.38. The first-order valence-corrected chi connectivity index (χ1v) is 16.4. The van der Waals surface area contributed by atoms with E-state index in [4.69, 9.17) is 27.1 Å². The molecule has 2 amide bonds. The van der Waals surface area contributed by atoms with Crippen molar-refractivity contribution >= 4 is 46.7 Å². The van der Waals surface area contributed by atoms with Crippen LogP contribution in [0, 0.1) is 11.3 Å². The topological polar surface area (TPSA) is 141 Å². The van der Waals surface area contributed by atoms with Crippen LogP contribution in [0.4, 0.5) is 13.6 Å². The quantitative estimate of drug-likeness (QED) is 0.253. The minimum atomic E-state index is -2.74. The molecule has 2 aromatic heterocycles. The lowest BCUT2D eigenvalue weighted by molar-refractivity contribution is -0.136. The smallest absolute Gasteiger partial charge is 0.407 e. The molecule has 0 spiro atoms. The predicted octanol–water partition coefficient (Wildman–Crippen LogP) is 6.37. The van der Waals surface area contributed by atoms with Crippen molar-refractivity contribution < 1.29 is 23.1 Å². The molecule has 1 unspecified atom stereocenters. The summed E-state index contributed by atoms with van der Waals surface area (Å²) >= 11 is 7.73. The van der Waals surface area contributed by atoms with Gasteiger partial charge >= 0.3 is 12.6 Å². The first kappa shape index (κ1) is 32.8. The molecule has 15 heteroatoms. The fourth-order valence-electron chi connectivity index (χ4n) is 6.11. The number of rotatable bonds is 10. The number of guanidine groups is 1. The number of carbonyl (C=O) groups excluding carboxylic acids is 2. The van der Waals surface area contributed by atoms with E-state index >= 15 is 0 Å². The fraction of sp³-hybridized carbons (Fsp3) is 0.438. The minimum absolute atomic E-state index is 0.00394. The molecule has 11 nitrogen and oxygen atoms in total. The average molecular weight is 685 g/mol. The molecule has 2 aliphatic carbocycles. The molecule has 0 radical (unpaired) electrons. The van der Waals surface area contributed by atoms with E-state index in [0.717, 1.165) is 18.4 Å². The summed E-state index contributed by atoms with van der Waals surface area (Å²) in [7, 11) is 0. The van der Waals surface area contributed by atoms with E-state index in [0.29, 0.717) is 44.2 Å². The van der Waals surface area contributed by atoms with E-state index in [9.17, 15) is 18.4 Å². The van der Waals surface area contributed by atoms with Gasteiger partial charge in [0.1, 0.15) is 17.9 Å². The Kier molecular flexibility index (Phi) is 8.92. The van der Waals surface area contributed by atoms with Gasteiger partial charge in [0, 0.05) is 29.3 Å². The van der Waals surface area contributed by atoms with E-state index in [-0.39, 0.29) is 29.9 Å². The monoisotopic (exact) mass is 684 g/mol. The zero-order valence-electron chi connectivity index (χ0n) is 26.1. The first-order chi connectivity index (χ1) is 22.3. The lowest BCUT2D eigenvalue weighted by atomic mass is 9.70. The first-order valence-electron chi connectivity index (χ1n) is 15.2. The molecule has 1 aromatic carbocycles. The van der Waals surface area contributed by atoms with Crippen molar-refractivity contribution in [3.63, 3.8) is 0 Å². The number of benzene rings is 1. The Bertz CT molecular complexity index is 1750. The fourth-order valence-corrected chi connectivity index (χ4v) is 6.93. The maximum Gasteiger partial charge on any atom is 0.407 e. The second kappa shape index (κ2) is 12.8. The molecule has 3 aromatic rings. The number of carbonyl (C=O) groups is 2. The van der Waals surface area contributed by atoms with Crippen molar-refractivity contribution in [3.05, 3.63) is 71.3 Å². The standard InChI is InChI=1S/C32H35ClF2N8O3S/c1-31(2,3)16-32(21-7-4-18(5-8-21)20-13-38-42(14-20)28(34)35)27(44)43(29(36)41-32)25(15-46-30(45)40-22-9-10-22)19-6-11-24(33)23(12-19)26-37-17-39-47-26/h4-7,11-14,17,21-22,25,28H,8-10,15-16H2,1-3H3,(H2,36,41)(H,40,45)/t21?,25-,32-/m1/s1. The molecule has 1 saturated carbocycles. The Hall–Kier alpha value is -4.17.